The van der Waals surface area contributed by atoms with Gasteiger partial charge >= 0.3 is 0 Å². The van der Waals surface area contributed by atoms with Crippen LogP contribution in [0, 0.1) is 0 Å². The fraction of sp³-hybridized carbons (Fsp3) is 0.692. The van der Waals surface area contributed by atoms with Gasteiger partial charge in [-0.25, -0.2) is 0 Å². The van der Waals surface area contributed by atoms with Gasteiger partial charge in [-0.2, -0.15) is 5.10 Å². The molecule has 1 saturated heterocycles. The summed E-state index contributed by atoms with van der Waals surface area (Å²) in [7, 11) is 3.55. The summed E-state index contributed by atoms with van der Waals surface area (Å²) >= 11 is 0. The van der Waals surface area contributed by atoms with Gasteiger partial charge in [0.05, 0.1) is 19.3 Å². The van der Waals surface area contributed by atoms with Crippen molar-refractivity contribution in [1.29, 1.82) is 0 Å². The number of likely N-dealkylation sites (tertiary alicyclic amines) is 1. The monoisotopic (exact) mass is 266 g/mol. The van der Waals surface area contributed by atoms with E-state index in [1.807, 2.05) is 24.1 Å². The topological polar surface area (TPSA) is 59.4 Å². The Balaban J connectivity index is 1.87. The second-order valence-corrected chi connectivity index (χ2v) is 4.92. The van der Waals surface area contributed by atoms with Gasteiger partial charge in [0, 0.05) is 38.5 Å². The minimum atomic E-state index is 0.0628. The van der Waals surface area contributed by atoms with Gasteiger partial charge in [0.15, 0.2) is 0 Å². The number of carbonyl (C=O) groups excluding carboxylic acids is 1. The first kappa shape index (κ1) is 14.0. The molecule has 0 spiro atoms. The van der Waals surface area contributed by atoms with Crippen LogP contribution in [0.4, 0.5) is 0 Å². The minimum Gasteiger partial charge on any atom is -0.383 e. The standard InChI is InChI=1S/C13H22N4O2/c1-16-9-11(8-15-16)12-4-3-6-17(12)10-13(18)14-5-7-19-2/h8-9,12H,3-7,10H2,1-2H3,(H,14,18). The smallest absolute Gasteiger partial charge is 0.234 e. The number of rotatable bonds is 6. The van der Waals surface area contributed by atoms with E-state index >= 15 is 0 Å². The molecular weight excluding hydrogens is 244 g/mol. The van der Waals surface area contributed by atoms with Gasteiger partial charge < -0.3 is 10.1 Å². The lowest BCUT2D eigenvalue weighted by Crippen LogP contribution is -2.38. The van der Waals surface area contributed by atoms with E-state index in [-0.39, 0.29) is 5.91 Å². The number of methoxy groups -OCH3 is 1. The second kappa shape index (κ2) is 6.68. The quantitative estimate of drug-likeness (QED) is 0.753. The number of aromatic nitrogens is 2. The molecule has 0 bridgehead atoms. The van der Waals surface area contributed by atoms with E-state index in [0.717, 1.165) is 19.4 Å². The summed E-state index contributed by atoms with van der Waals surface area (Å²) in [5.74, 6) is 0.0628. The molecule has 1 N–H and O–H groups in total. The number of carbonyl (C=O) groups is 1. The van der Waals surface area contributed by atoms with Crippen molar-refractivity contribution >= 4 is 5.91 Å². The van der Waals surface area contributed by atoms with Crippen LogP contribution in [0.15, 0.2) is 12.4 Å². The van der Waals surface area contributed by atoms with E-state index in [1.165, 1.54) is 5.56 Å². The molecule has 1 atom stereocenters. The molecule has 0 aromatic carbocycles. The van der Waals surface area contributed by atoms with E-state index in [0.29, 0.717) is 25.7 Å². The molecule has 1 fully saturated rings. The number of amides is 1. The van der Waals surface area contributed by atoms with E-state index in [4.69, 9.17) is 4.74 Å². The molecule has 19 heavy (non-hydrogen) atoms. The lowest BCUT2D eigenvalue weighted by molar-refractivity contribution is -0.122. The summed E-state index contributed by atoms with van der Waals surface area (Å²) in [5.41, 5.74) is 1.20. The third-order valence-electron chi connectivity index (χ3n) is 3.45. The van der Waals surface area contributed by atoms with Crippen LogP contribution >= 0.6 is 0 Å². The molecule has 0 radical (unpaired) electrons. The third-order valence-corrected chi connectivity index (χ3v) is 3.45. The molecule has 106 valence electrons. The van der Waals surface area contributed by atoms with Crippen LogP contribution in [-0.2, 0) is 16.6 Å². The largest absolute Gasteiger partial charge is 0.383 e. The van der Waals surface area contributed by atoms with Gasteiger partial charge in [0.1, 0.15) is 0 Å². The molecule has 0 saturated carbocycles. The molecule has 1 aromatic rings. The van der Waals surface area contributed by atoms with Crippen molar-refractivity contribution in [2.24, 2.45) is 7.05 Å². The molecule has 1 amide bonds. The zero-order valence-electron chi connectivity index (χ0n) is 11.6. The van der Waals surface area contributed by atoms with Crippen LogP contribution in [0.3, 0.4) is 0 Å². The zero-order chi connectivity index (χ0) is 13.7. The first-order chi connectivity index (χ1) is 9.20. The van der Waals surface area contributed by atoms with Crippen LogP contribution in [-0.4, -0.2) is 53.9 Å². The number of nitrogens with zero attached hydrogens (tertiary/aromatic N) is 3. The number of hydrogen-bond acceptors (Lipinski definition) is 4. The van der Waals surface area contributed by atoms with Gasteiger partial charge in [0.25, 0.3) is 0 Å². The summed E-state index contributed by atoms with van der Waals surface area (Å²) in [6.45, 7) is 2.54. The van der Waals surface area contributed by atoms with Crippen LogP contribution in [0.25, 0.3) is 0 Å². The minimum absolute atomic E-state index is 0.0628. The maximum absolute atomic E-state index is 11.8. The highest BCUT2D eigenvalue weighted by molar-refractivity contribution is 5.78. The molecule has 1 aromatic heterocycles. The van der Waals surface area contributed by atoms with Crippen molar-refractivity contribution in [2.45, 2.75) is 18.9 Å². The Hall–Kier alpha value is -1.40. The van der Waals surface area contributed by atoms with Crippen molar-refractivity contribution in [3.8, 4) is 0 Å². The van der Waals surface area contributed by atoms with Gasteiger partial charge in [-0.15, -0.1) is 0 Å². The van der Waals surface area contributed by atoms with E-state index < -0.39 is 0 Å². The first-order valence-corrected chi connectivity index (χ1v) is 6.69. The molecule has 2 heterocycles. The highest BCUT2D eigenvalue weighted by Crippen LogP contribution is 2.30. The fourth-order valence-corrected chi connectivity index (χ4v) is 2.54. The van der Waals surface area contributed by atoms with Crippen molar-refractivity contribution in [1.82, 2.24) is 20.0 Å². The average Bonchev–Trinajstić information content (AvgIpc) is 2.98. The van der Waals surface area contributed by atoms with E-state index in [2.05, 4.69) is 15.3 Å². The van der Waals surface area contributed by atoms with Crippen molar-refractivity contribution in [3.63, 3.8) is 0 Å². The van der Waals surface area contributed by atoms with Crippen LogP contribution in [0.1, 0.15) is 24.4 Å². The molecule has 1 aliphatic rings. The average molecular weight is 266 g/mol. The Kier molecular flexibility index (Phi) is 4.93. The summed E-state index contributed by atoms with van der Waals surface area (Å²) in [4.78, 5) is 14.0. The molecule has 6 nitrogen and oxygen atoms in total. The first-order valence-electron chi connectivity index (χ1n) is 6.69. The highest BCUT2D eigenvalue weighted by atomic mass is 16.5. The summed E-state index contributed by atoms with van der Waals surface area (Å²) < 4.78 is 6.73. The fourth-order valence-electron chi connectivity index (χ4n) is 2.54. The Bertz CT molecular complexity index is 419. The molecule has 2 rings (SSSR count). The Labute approximate surface area is 113 Å². The normalized spacial score (nSPS) is 19.8. The van der Waals surface area contributed by atoms with Crippen molar-refractivity contribution < 1.29 is 9.53 Å². The maximum atomic E-state index is 11.8. The molecule has 0 aliphatic carbocycles. The Morgan fingerprint density at radius 1 is 1.63 bits per heavy atom. The molecule has 6 heteroatoms. The predicted octanol–water partition coefficient (Wildman–Crippen LogP) is 0.320. The molecule has 1 unspecified atom stereocenters. The number of aryl methyl sites for hydroxylation is 1. The predicted molar refractivity (Wildman–Crippen MR) is 71.6 cm³/mol. The van der Waals surface area contributed by atoms with Gasteiger partial charge in [-0.1, -0.05) is 0 Å². The Morgan fingerprint density at radius 3 is 3.16 bits per heavy atom. The van der Waals surface area contributed by atoms with Crippen LogP contribution in [0.2, 0.25) is 0 Å². The van der Waals surface area contributed by atoms with Gasteiger partial charge in [0.2, 0.25) is 5.91 Å². The molecule has 1 aliphatic heterocycles. The summed E-state index contributed by atoms with van der Waals surface area (Å²) in [6.07, 6.45) is 6.15. The third kappa shape index (κ3) is 3.78. The highest BCUT2D eigenvalue weighted by Gasteiger charge is 2.28. The van der Waals surface area contributed by atoms with Crippen molar-refractivity contribution in [3.05, 3.63) is 18.0 Å². The van der Waals surface area contributed by atoms with Crippen LogP contribution < -0.4 is 5.32 Å². The van der Waals surface area contributed by atoms with E-state index in [1.54, 1.807) is 7.11 Å². The number of hydrogen-bond donors (Lipinski definition) is 1. The second-order valence-electron chi connectivity index (χ2n) is 4.92. The lowest BCUT2D eigenvalue weighted by Gasteiger charge is -2.22. The van der Waals surface area contributed by atoms with E-state index in [9.17, 15) is 4.79 Å². The number of ether oxygens (including phenoxy) is 1. The van der Waals surface area contributed by atoms with Crippen molar-refractivity contribution in [2.75, 3.05) is 33.4 Å². The zero-order valence-corrected chi connectivity index (χ0v) is 11.6. The maximum Gasteiger partial charge on any atom is 0.234 e. The summed E-state index contributed by atoms with van der Waals surface area (Å²) in [6, 6.07) is 0.321. The SMILES string of the molecule is COCCNC(=O)CN1CCCC1c1cnn(C)c1. The van der Waals surface area contributed by atoms with Crippen LogP contribution in [0.5, 0.6) is 0 Å². The molecular formula is C13H22N4O2. The Morgan fingerprint density at radius 2 is 2.47 bits per heavy atom. The lowest BCUT2D eigenvalue weighted by atomic mass is 10.1. The van der Waals surface area contributed by atoms with Gasteiger partial charge in [-0.05, 0) is 19.4 Å². The number of nitrogens with one attached hydrogen (secondary N) is 1. The van der Waals surface area contributed by atoms with Gasteiger partial charge in [-0.3, -0.25) is 14.4 Å². The summed E-state index contributed by atoms with van der Waals surface area (Å²) in [5, 5.41) is 7.07.